The average molecular weight is 337 g/mol. The van der Waals surface area contributed by atoms with Gasteiger partial charge < -0.3 is 16.0 Å². The number of amides is 2. The summed E-state index contributed by atoms with van der Waals surface area (Å²) >= 11 is 0. The molecule has 1 saturated heterocycles. The van der Waals surface area contributed by atoms with Crippen LogP contribution in [0.3, 0.4) is 0 Å². The van der Waals surface area contributed by atoms with Crippen LogP contribution in [0.1, 0.15) is 12.8 Å². The molecular formula is C20H23N3O2. The third-order valence-corrected chi connectivity index (χ3v) is 4.69. The monoisotopic (exact) mass is 337 g/mol. The molecule has 0 aliphatic carbocycles. The molecule has 2 amide bonds. The van der Waals surface area contributed by atoms with Gasteiger partial charge in [-0.1, -0.05) is 42.5 Å². The van der Waals surface area contributed by atoms with E-state index in [-0.39, 0.29) is 24.3 Å². The van der Waals surface area contributed by atoms with Gasteiger partial charge in [-0.2, -0.15) is 0 Å². The Kier molecular flexibility index (Phi) is 5.33. The minimum Gasteiger partial charge on any atom is -0.376 e. The molecular weight excluding hydrogens is 314 g/mol. The number of hydrogen-bond acceptors (Lipinski definition) is 3. The van der Waals surface area contributed by atoms with E-state index in [0.717, 1.165) is 11.3 Å². The molecule has 0 spiro atoms. The largest absolute Gasteiger partial charge is 0.376 e. The Bertz CT molecular complexity index is 720. The maximum absolute atomic E-state index is 12.3. The lowest BCUT2D eigenvalue weighted by molar-refractivity contribution is -0.133. The smallest absolute Gasteiger partial charge is 0.241 e. The average Bonchev–Trinajstić information content (AvgIpc) is 2.67. The first-order valence-electron chi connectivity index (χ1n) is 8.60. The zero-order chi connectivity index (χ0) is 17.6. The molecule has 0 unspecified atom stereocenters. The Labute approximate surface area is 147 Å². The van der Waals surface area contributed by atoms with Crippen molar-refractivity contribution in [2.75, 3.05) is 25.0 Å². The van der Waals surface area contributed by atoms with Gasteiger partial charge in [-0.05, 0) is 36.1 Å². The molecule has 0 saturated carbocycles. The molecule has 130 valence electrons. The van der Waals surface area contributed by atoms with Crippen molar-refractivity contribution >= 4 is 17.5 Å². The number of carbonyl (C=O) groups is 2. The summed E-state index contributed by atoms with van der Waals surface area (Å²) in [4.78, 5) is 25.3. The van der Waals surface area contributed by atoms with Crippen LogP contribution in [0.2, 0.25) is 0 Å². The number of nitrogens with zero attached hydrogens (tertiary/aromatic N) is 1. The van der Waals surface area contributed by atoms with E-state index in [9.17, 15) is 9.59 Å². The number of nitrogens with one attached hydrogen (secondary N) is 1. The number of nitrogens with two attached hydrogens (primary N) is 1. The third kappa shape index (κ3) is 4.38. The summed E-state index contributed by atoms with van der Waals surface area (Å²) in [6.07, 6.45) is 1.32. The van der Waals surface area contributed by atoms with Crippen molar-refractivity contribution in [2.24, 2.45) is 11.7 Å². The zero-order valence-electron chi connectivity index (χ0n) is 14.2. The first kappa shape index (κ1) is 17.0. The molecule has 2 aromatic carbocycles. The molecule has 0 radical (unpaired) electrons. The van der Waals surface area contributed by atoms with Crippen LogP contribution in [0, 0.1) is 5.92 Å². The Balaban J connectivity index is 1.50. The fourth-order valence-electron chi connectivity index (χ4n) is 3.11. The lowest BCUT2D eigenvalue weighted by Crippen LogP contribution is -2.43. The minimum absolute atomic E-state index is 0.0510. The molecule has 3 rings (SSSR count). The highest BCUT2D eigenvalue weighted by atomic mass is 16.2. The van der Waals surface area contributed by atoms with E-state index >= 15 is 0 Å². The van der Waals surface area contributed by atoms with Crippen LogP contribution in [0.4, 0.5) is 5.69 Å². The van der Waals surface area contributed by atoms with Crippen LogP contribution in [-0.2, 0) is 9.59 Å². The van der Waals surface area contributed by atoms with Crippen LogP contribution in [-0.4, -0.2) is 36.3 Å². The second-order valence-electron chi connectivity index (χ2n) is 6.35. The highest BCUT2D eigenvalue weighted by Gasteiger charge is 2.25. The van der Waals surface area contributed by atoms with Crippen LogP contribution >= 0.6 is 0 Å². The predicted octanol–water partition coefficient (Wildman–Crippen LogP) is 2.49. The van der Waals surface area contributed by atoms with Crippen LogP contribution < -0.4 is 11.1 Å². The Morgan fingerprint density at radius 1 is 0.960 bits per heavy atom. The molecule has 0 bridgehead atoms. The van der Waals surface area contributed by atoms with Gasteiger partial charge in [-0.15, -0.1) is 0 Å². The summed E-state index contributed by atoms with van der Waals surface area (Å²) < 4.78 is 0. The van der Waals surface area contributed by atoms with Gasteiger partial charge in [-0.25, -0.2) is 0 Å². The van der Waals surface area contributed by atoms with Crippen LogP contribution in [0.15, 0.2) is 54.6 Å². The highest BCUT2D eigenvalue weighted by Crippen LogP contribution is 2.21. The van der Waals surface area contributed by atoms with E-state index in [2.05, 4.69) is 17.4 Å². The number of piperidine rings is 1. The number of carbonyl (C=O) groups excluding carboxylic acids is 2. The first-order valence-corrected chi connectivity index (χ1v) is 8.60. The molecule has 5 nitrogen and oxygen atoms in total. The Morgan fingerprint density at radius 2 is 1.56 bits per heavy atom. The molecule has 1 aliphatic heterocycles. The molecule has 3 N–H and O–H groups in total. The number of primary amides is 1. The van der Waals surface area contributed by atoms with Crippen molar-refractivity contribution in [2.45, 2.75) is 12.8 Å². The molecule has 0 atom stereocenters. The lowest BCUT2D eigenvalue weighted by atomic mass is 9.96. The third-order valence-electron chi connectivity index (χ3n) is 4.69. The van der Waals surface area contributed by atoms with E-state index in [1.165, 1.54) is 5.56 Å². The fraction of sp³-hybridized carbons (Fsp3) is 0.300. The molecule has 1 aliphatic rings. The topological polar surface area (TPSA) is 75.4 Å². The summed E-state index contributed by atoms with van der Waals surface area (Å²) in [5.41, 5.74) is 8.55. The number of anilines is 1. The van der Waals surface area contributed by atoms with E-state index in [1.54, 1.807) is 4.90 Å². The summed E-state index contributed by atoms with van der Waals surface area (Å²) in [6.45, 7) is 1.45. The molecule has 1 heterocycles. The highest BCUT2D eigenvalue weighted by molar-refractivity contribution is 5.82. The fourth-order valence-corrected chi connectivity index (χ4v) is 3.11. The normalized spacial score (nSPS) is 15.0. The molecule has 25 heavy (non-hydrogen) atoms. The summed E-state index contributed by atoms with van der Waals surface area (Å²) in [5, 5.41) is 3.17. The Hall–Kier alpha value is -2.82. The van der Waals surface area contributed by atoms with Crippen molar-refractivity contribution in [3.8, 4) is 11.1 Å². The molecule has 2 aromatic rings. The lowest BCUT2D eigenvalue weighted by Gasteiger charge is -2.30. The van der Waals surface area contributed by atoms with Crippen molar-refractivity contribution in [1.82, 2.24) is 4.90 Å². The van der Waals surface area contributed by atoms with Gasteiger partial charge in [0, 0.05) is 24.7 Å². The maximum atomic E-state index is 12.3. The van der Waals surface area contributed by atoms with Gasteiger partial charge in [0.2, 0.25) is 11.8 Å². The second kappa shape index (κ2) is 7.83. The maximum Gasteiger partial charge on any atom is 0.241 e. The van der Waals surface area contributed by atoms with E-state index < -0.39 is 0 Å². The van der Waals surface area contributed by atoms with E-state index in [0.29, 0.717) is 25.9 Å². The molecule has 1 fully saturated rings. The van der Waals surface area contributed by atoms with Gasteiger partial charge >= 0.3 is 0 Å². The zero-order valence-corrected chi connectivity index (χ0v) is 14.2. The van der Waals surface area contributed by atoms with Crippen molar-refractivity contribution in [1.29, 1.82) is 0 Å². The first-order chi connectivity index (χ1) is 12.1. The van der Waals surface area contributed by atoms with Gasteiger partial charge in [0.25, 0.3) is 0 Å². The van der Waals surface area contributed by atoms with Gasteiger partial charge in [-0.3, -0.25) is 9.59 Å². The van der Waals surface area contributed by atoms with Crippen LogP contribution in [0.25, 0.3) is 11.1 Å². The van der Waals surface area contributed by atoms with E-state index in [4.69, 9.17) is 5.73 Å². The summed E-state index contributed by atoms with van der Waals surface area (Å²) in [5.74, 6) is -0.304. The summed E-state index contributed by atoms with van der Waals surface area (Å²) in [6, 6.07) is 18.2. The summed E-state index contributed by atoms with van der Waals surface area (Å²) in [7, 11) is 0. The predicted molar refractivity (Wildman–Crippen MR) is 98.9 cm³/mol. The Morgan fingerprint density at radius 3 is 2.16 bits per heavy atom. The van der Waals surface area contributed by atoms with Crippen LogP contribution in [0.5, 0.6) is 0 Å². The van der Waals surface area contributed by atoms with Gasteiger partial charge in [0.15, 0.2) is 0 Å². The van der Waals surface area contributed by atoms with Crippen molar-refractivity contribution in [3.05, 3.63) is 54.6 Å². The minimum atomic E-state index is -0.260. The van der Waals surface area contributed by atoms with E-state index in [1.807, 2.05) is 42.5 Å². The van der Waals surface area contributed by atoms with Gasteiger partial charge in [0.05, 0.1) is 6.54 Å². The second-order valence-corrected chi connectivity index (χ2v) is 6.35. The number of hydrogen-bond donors (Lipinski definition) is 2. The number of likely N-dealkylation sites (tertiary alicyclic amines) is 1. The van der Waals surface area contributed by atoms with Gasteiger partial charge in [0.1, 0.15) is 0 Å². The molecule has 0 aromatic heterocycles. The number of benzene rings is 2. The quantitative estimate of drug-likeness (QED) is 0.880. The standard InChI is InChI=1S/C20H23N3O2/c21-20(25)17-10-12-23(13-11-17)19(24)14-22-18-8-6-16(7-9-18)15-4-2-1-3-5-15/h1-9,17,22H,10-14H2,(H2,21,25). The molecule has 5 heteroatoms. The SMILES string of the molecule is NC(=O)C1CCN(C(=O)CNc2ccc(-c3ccccc3)cc2)CC1. The number of rotatable bonds is 5. The van der Waals surface area contributed by atoms with Crippen molar-refractivity contribution in [3.63, 3.8) is 0 Å². The van der Waals surface area contributed by atoms with Crippen molar-refractivity contribution < 1.29 is 9.59 Å².